The molecule has 0 spiro atoms. The Morgan fingerprint density at radius 3 is 2.42 bits per heavy atom. The number of nitrogens with one attached hydrogen (secondary N) is 2. The van der Waals surface area contributed by atoms with Gasteiger partial charge in [-0.1, -0.05) is 35.9 Å². The summed E-state index contributed by atoms with van der Waals surface area (Å²) in [6.07, 6.45) is 1.92. The second-order valence-electron chi connectivity index (χ2n) is 6.80. The molecule has 6 nitrogen and oxygen atoms in total. The molecule has 2 N–H and O–H groups in total. The summed E-state index contributed by atoms with van der Waals surface area (Å²) in [5.74, 6) is 0.698. The van der Waals surface area contributed by atoms with Crippen LogP contribution in [-0.2, 0) is 13.1 Å². The Balaban J connectivity index is 0.00000341. The largest absolute Gasteiger partial charge is 0.434 e. The summed E-state index contributed by atoms with van der Waals surface area (Å²) in [6, 6.07) is 15.0. The first-order chi connectivity index (χ1) is 14.5. The van der Waals surface area contributed by atoms with Crippen molar-refractivity contribution >= 4 is 29.9 Å². The Bertz CT molecular complexity index is 1020. The van der Waals surface area contributed by atoms with Gasteiger partial charge in [0.1, 0.15) is 5.75 Å². The Labute approximate surface area is 197 Å². The van der Waals surface area contributed by atoms with E-state index in [1.54, 1.807) is 19.2 Å². The van der Waals surface area contributed by atoms with Crippen molar-refractivity contribution in [2.75, 3.05) is 7.05 Å². The van der Waals surface area contributed by atoms with E-state index in [-0.39, 0.29) is 29.7 Å². The number of nitrogens with zero attached hydrogens (tertiary/aromatic N) is 3. The first kappa shape index (κ1) is 24.6. The summed E-state index contributed by atoms with van der Waals surface area (Å²) in [5, 5.41) is 10.9. The molecule has 0 aliphatic heterocycles. The smallest absolute Gasteiger partial charge is 0.387 e. The molecule has 2 aromatic carbocycles. The molecule has 0 radical (unpaired) electrons. The van der Waals surface area contributed by atoms with Gasteiger partial charge in [-0.3, -0.25) is 4.99 Å². The zero-order valence-electron chi connectivity index (χ0n) is 17.6. The maximum absolute atomic E-state index is 12.7. The Morgan fingerprint density at radius 2 is 1.77 bits per heavy atom. The molecule has 3 aromatic rings. The highest BCUT2D eigenvalue weighted by Gasteiger charge is 2.11. The molecule has 0 atom stereocenters. The van der Waals surface area contributed by atoms with Crippen LogP contribution in [0.15, 0.2) is 59.7 Å². The molecule has 0 unspecified atom stereocenters. The average Bonchev–Trinajstić information content (AvgIpc) is 3.16. The predicted octanol–water partition coefficient (Wildman–Crippen LogP) is 4.57. The zero-order chi connectivity index (χ0) is 21.5. The quantitative estimate of drug-likeness (QED) is 0.262. The molecule has 0 aliphatic carbocycles. The number of rotatable bonds is 7. The lowest BCUT2D eigenvalue weighted by Crippen LogP contribution is -2.36. The van der Waals surface area contributed by atoms with Crippen molar-refractivity contribution in [2.45, 2.75) is 33.5 Å². The van der Waals surface area contributed by atoms with Crippen molar-refractivity contribution < 1.29 is 13.5 Å². The van der Waals surface area contributed by atoms with Gasteiger partial charge in [-0.25, -0.2) is 4.68 Å². The van der Waals surface area contributed by atoms with E-state index in [1.165, 1.54) is 0 Å². The Morgan fingerprint density at radius 1 is 1.06 bits per heavy atom. The van der Waals surface area contributed by atoms with Crippen LogP contribution in [0.25, 0.3) is 5.69 Å². The van der Waals surface area contributed by atoms with Gasteiger partial charge in [-0.15, -0.1) is 24.0 Å². The monoisotopic (exact) mass is 541 g/mol. The van der Waals surface area contributed by atoms with Gasteiger partial charge in [-0.2, -0.15) is 13.9 Å². The highest BCUT2D eigenvalue weighted by molar-refractivity contribution is 14.0. The fourth-order valence-electron chi connectivity index (χ4n) is 3.07. The van der Waals surface area contributed by atoms with Gasteiger partial charge in [0.2, 0.25) is 0 Å². The minimum absolute atomic E-state index is 0. The number of aryl methyl sites for hydroxylation is 2. The van der Waals surface area contributed by atoms with Gasteiger partial charge < -0.3 is 15.4 Å². The van der Waals surface area contributed by atoms with Crippen LogP contribution in [0.4, 0.5) is 8.78 Å². The fourth-order valence-corrected chi connectivity index (χ4v) is 3.07. The molecule has 0 bridgehead atoms. The molecule has 31 heavy (non-hydrogen) atoms. The molecular formula is C22H26F2IN5O. The van der Waals surface area contributed by atoms with Gasteiger partial charge in [0.25, 0.3) is 0 Å². The fraction of sp³-hybridized carbons (Fsp3) is 0.273. The van der Waals surface area contributed by atoms with Gasteiger partial charge in [0.15, 0.2) is 5.96 Å². The summed E-state index contributed by atoms with van der Waals surface area (Å²) < 4.78 is 31.8. The molecule has 0 saturated heterocycles. The minimum atomic E-state index is -2.87. The molecule has 0 aliphatic rings. The highest BCUT2D eigenvalue weighted by Crippen LogP contribution is 2.22. The first-order valence-electron chi connectivity index (χ1n) is 9.55. The predicted molar refractivity (Wildman–Crippen MR) is 129 cm³/mol. The van der Waals surface area contributed by atoms with Crippen molar-refractivity contribution in [1.82, 2.24) is 20.4 Å². The highest BCUT2D eigenvalue weighted by atomic mass is 127. The molecule has 1 aromatic heterocycles. The summed E-state index contributed by atoms with van der Waals surface area (Å²) >= 11 is 0. The number of para-hydroxylation sites is 1. The second-order valence-corrected chi connectivity index (χ2v) is 6.80. The number of ether oxygens (including phenoxy) is 1. The summed E-state index contributed by atoms with van der Waals surface area (Å²) in [5.41, 5.74) is 4.54. The van der Waals surface area contributed by atoms with E-state index in [0.29, 0.717) is 24.6 Å². The van der Waals surface area contributed by atoms with E-state index in [2.05, 4.69) is 25.5 Å². The van der Waals surface area contributed by atoms with E-state index in [4.69, 9.17) is 0 Å². The van der Waals surface area contributed by atoms with Crippen LogP contribution in [0.1, 0.15) is 22.4 Å². The molecule has 3 rings (SSSR count). The number of benzene rings is 2. The summed E-state index contributed by atoms with van der Waals surface area (Å²) in [7, 11) is 1.66. The normalized spacial score (nSPS) is 11.2. The van der Waals surface area contributed by atoms with Crippen LogP contribution < -0.4 is 15.4 Å². The SMILES string of the molecule is CN=C(NCc1cc(C)ccc1OC(F)F)NCc1ccccc1-n1ccc(C)n1.I. The third kappa shape index (κ3) is 6.91. The maximum Gasteiger partial charge on any atom is 0.387 e. The number of guanidine groups is 1. The van der Waals surface area contributed by atoms with Gasteiger partial charge in [0, 0.05) is 31.9 Å². The van der Waals surface area contributed by atoms with Crippen LogP contribution in [0, 0.1) is 13.8 Å². The molecule has 0 amide bonds. The molecule has 0 fully saturated rings. The van der Waals surface area contributed by atoms with E-state index in [1.807, 2.05) is 61.1 Å². The first-order valence-corrected chi connectivity index (χ1v) is 9.55. The number of alkyl halides is 2. The van der Waals surface area contributed by atoms with Crippen molar-refractivity contribution in [2.24, 2.45) is 4.99 Å². The lowest BCUT2D eigenvalue weighted by molar-refractivity contribution is -0.0504. The Hall–Kier alpha value is -2.69. The number of hydrogen-bond donors (Lipinski definition) is 2. The summed E-state index contributed by atoms with van der Waals surface area (Å²) in [6.45, 7) is 1.79. The third-order valence-electron chi connectivity index (χ3n) is 4.51. The van der Waals surface area contributed by atoms with E-state index in [9.17, 15) is 8.78 Å². The molecular weight excluding hydrogens is 515 g/mol. The lowest BCUT2D eigenvalue weighted by atomic mass is 10.1. The summed E-state index contributed by atoms with van der Waals surface area (Å²) in [4.78, 5) is 4.22. The average molecular weight is 541 g/mol. The number of aliphatic imine (C=N–C) groups is 1. The standard InChI is InChI=1S/C22H25F2N5O.HI/c1-15-8-9-20(30-21(23)24)18(12-15)14-27-22(25-3)26-13-17-6-4-5-7-19(17)29-11-10-16(2)28-29;/h4-12,21H,13-14H2,1-3H3,(H2,25,26,27);1H. The van der Waals surface area contributed by atoms with Crippen LogP contribution >= 0.6 is 24.0 Å². The van der Waals surface area contributed by atoms with Crippen molar-refractivity contribution in [3.8, 4) is 11.4 Å². The van der Waals surface area contributed by atoms with E-state index in [0.717, 1.165) is 22.5 Å². The van der Waals surface area contributed by atoms with E-state index < -0.39 is 6.61 Å². The van der Waals surface area contributed by atoms with Crippen LogP contribution in [0.5, 0.6) is 5.75 Å². The maximum atomic E-state index is 12.7. The van der Waals surface area contributed by atoms with Crippen molar-refractivity contribution in [3.63, 3.8) is 0 Å². The molecule has 9 heteroatoms. The second kappa shape index (κ2) is 11.6. The number of hydrogen-bond acceptors (Lipinski definition) is 3. The number of aromatic nitrogens is 2. The van der Waals surface area contributed by atoms with Crippen LogP contribution in [0.3, 0.4) is 0 Å². The molecule has 166 valence electrons. The van der Waals surface area contributed by atoms with Gasteiger partial charge >= 0.3 is 6.61 Å². The topological polar surface area (TPSA) is 63.5 Å². The van der Waals surface area contributed by atoms with Gasteiger partial charge in [-0.05, 0) is 37.6 Å². The van der Waals surface area contributed by atoms with Gasteiger partial charge in [0.05, 0.1) is 11.4 Å². The van der Waals surface area contributed by atoms with E-state index >= 15 is 0 Å². The van der Waals surface area contributed by atoms with Crippen LogP contribution in [-0.4, -0.2) is 29.4 Å². The van der Waals surface area contributed by atoms with Crippen LogP contribution in [0.2, 0.25) is 0 Å². The number of halogens is 3. The molecule has 0 saturated carbocycles. The zero-order valence-corrected chi connectivity index (χ0v) is 19.9. The minimum Gasteiger partial charge on any atom is -0.434 e. The third-order valence-corrected chi connectivity index (χ3v) is 4.51. The Kier molecular flexibility index (Phi) is 9.22. The lowest BCUT2D eigenvalue weighted by Gasteiger charge is -2.16. The van der Waals surface area contributed by atoms with Crippen molar-refractivity contribution in [3.05, 3.63) is 77.1 Å². The van der Waals surface area contributed by atoms with Crippen molar-refractivity contribution in [1.29, 1.82) is 0 Å². The molecule has 1 heterocycles.